The highest BCUT2D eigenvalue weighted by Gasteiger charge is 2.25. The molecule has 1 aromatic carbocycles. The highest BCUT2D eigenvalue weighted by molar-refractivity contribution is 7.89. The lowest BCUT2D eigenvalue weighted by molar-refractivity contribution is -0.00831. The monoisotopic (exact) mass is 354 g/mol. The molecule has 1 aliphatic rings. The average molecular weight is 354 g/mol. The lowest BCUT2D eigenvalue weighted by Crippen LogP contribution is -2.48. The van der Waals surface area contributed by atoms with E-state index in [1.54, 1.807) is 0 Å². The first-order chi connectivity index (χ1) is 11.4. The minimum Gasteiger partial charge on any atom is -0.370 e. The van der Waals surface area contributed by atoms with E-state index in [2.05, 4.69) is 34.3 Å². The quantitative estimate of drug-likeness (QED) is 0.597. The summed E-state index contributed by atoms with van der Waals surface area (Å²) in [6.07, 6.45) is -0.0259. The van der Waals surface area contributed by atoms with Gasteiger partial charge in [-0.1, -0.05) is 24.3 Å². The Balaban J connectivity index is 2.09. The lowest BCUT2D eigenvalue weighted by atomic mass is 10.0. The van der Waals surface area contributed by atoms with Gasteiger partial charge in [-0.25, -0.2) is 13.6 Å². The summed E-state index contributed by atoms with van der Waals surface area (Å²) in [6.45, 7) is 6.89. The van der Waals surface area contributed by atoms with E-state index in [-0.39, 0.29) is 18.4 Å². The molecule has 1 aromatic rings. The van der Waals surface area contributed by atoms with Gasteiger partial charge >= 0.3 is 0 Å². The molecular formula is C16H26N4O3S. The van der Waals surface area contributed by atoms with Gasteiger partial charge in [0.1, 0.15) is 6.10 Å². The number of aryl methyl sites for hydroxylation is 1. The molecule has 2 rings (SSSR count). The van der Waals surface area contributed by atoms with E-state index in [4.69, 9.17) is 9.88 Å². The minimum absolute atomic E-state index is 0.0259. The minimum atomic E-state index is -3.50. The van der Waals surface area contributed by atoms with Crippen molar-refractivity contribution in [1.29, 1.82) is 0 Å². The summed E-state index contributed by atoms with van der Waals surface area (Å²) in [7, 11) is -3.50. The smallest absolute Gasteiger partial charge is 0.210 e. The topological polar surface area (TPSA) is 97.0 Å². The number of ether oxygens (including phenoxy) is 1. The first-order valence-corrected chi connectivity index (χ1v) is 9.83. The molecule has 0 saturated carbocycles. The molecule has 0 aromatic heterocycles. The van der Waals surface area contributed by atoms with Gasteiger partial charge < -0.3 is 15.0 Å². The number of guanidine groups is 1. The average Bonchev–Trinajstić information content (AvgIpc) is 2.53. The molecule has 0 radical (unpaired) electrons. The van der Waals surface area contributed by atoms with Crippen molar-refractivity contribution in [1.82, 2.24) is 10.2 Å². The normalized spacial score (nSPS) is 19.4. The number of rotatable bonds is 5. The van der Waals surface area contributed by atoms with Gasteiger partial charge in [-0.2, -0.15) is 0 Å². The third-order valence-corrected chi connectivity index (χ3v) is 4.63. The Labute approximate surface area is 143 Å². The Morgan fingerprint density at radius 2 is 2.21 bits per heavy atom. The third-order valence-electron chi connectivity index (χ3n) is 3.87. The molecule has 1 fully saturated rings. The van der Waals surface area contributed by atoms with Gasteiger partial charge in [0.05, 0.1) is 25.4 Å². The lowest BCUT2D eigenvalue weighted by Gasteiger charge is -2.35. The zero-order valence-corrected chi connectivity index (χ0v) is 15.1. The van der Waals surface area contributed by atoms with E-state index >= 15 is 0 Å². The number of morpholine rings is 1. The van der Waals surface area contributed by atoms with Crippen molar-refractivity contribution in [3.63, 3.8) is 0 Å². The van der Waals surface area contributed by atoms with Gasteiger partial charge in [0.15, 0.2) is 5.96 Å². The predicted molar refractivity (Wildman–Crippen MR) is 95.4 cm³/mol. The van der Waals surface area contributed by atoms with Crippen molar-refractivity contribution < 1.29 is 13.2 Å². The summed E-state index contributed by atoms with van der Waals surface area (Å²) in [5.74, 6) is 0.538. The standard InChI is InChI=1S/C16H26N4O3S/c1-3-18-16(19-8-11-24(17,21)22)20-9-10-23-15(12-20)14-7-5-4-6-13(14)2/h4-7,15H,3,8-12H2,1-2H3,(H,18,19)(H2,17,21,22). The molecule has 1 aliphatic heterocycles. The maximum Gasteiger partial charge on any atom is 0.210 e. The number of hydrogen-bond acceptors (Lipinski definition) is 4. The summed E-state index contributed by atoms with van der Waals surface area (Å²) >= 11 is 0. The maximum atomic E-state index is 11.1. The highest BCUT2D eigenvalue weighted by atomic mass is 32.2. The van der Waals surface area contributed by atoms with Crippen LogP contribution in [0.2, 0.25) is 0 Å². The molecule has 0 amide bonds. The zero-order valence-electron chi connectivity index (χ0n) is 14.2. The van der Waals surface area contributed by atoms with Crippen molar-refractivity contribution >= 4 is 16.0 Å². The summed E-state index contributed by atoms with van der Waals surface area (Å²) in [5, 5.41) is 8.25. The molecule has 1 heterocycles. The summed E-state index contributed by atoms with van der Waals surface area (Å²) in [5.41, 5.74) is 2.36. The second-order valence-electron chi connectivity index (χ2n) is 5.76. The van der Waals surface area contributed by atoms with Gasteiger partial charge in [0.25, 0.3) is 0 Å². The summed E-state index contributed by atoms with van der Waals surface area (Å²) < 4.78 is 28.1. The zero-order chi connectivity index (χ0) is 17.6. The number of nitrogens with zero attached hydrogens (tertiary/aromatic N) is 2. The number of benzene rings is 1. The number of aliphatic imine (C=N–C) groups is 1. The van der Waals surface area contributed by atoms with Gasteiger partial charge in [-0.3, -0.25) is 4.99 Å². The molecule has 1 saturated heterocycles. The molecule has 0 spiro atoms. The van der Waals surface area contributed by atoms with Crippen molar-refractivity contribution in [2.45, 2.75) is 20.0 Å². The largest absolute Gasteiger partial charge is 0.370 e. The van der Waals surface area contributed by atoms with Gasteiger partial charge in [0.2, 0.25) is 10.0 Å². The number of primary sulfonamides is 1. The molecule has 134 valence electrons. The molecule has 1 unspecified atom stereocenters. The van der Waals surface area contributed by atoms with Crippen LogP contribution in [0, 0.1) is 6.92 Å². The number of nitrogens with two attached hydrogens (primary N) is 1. The van der Waals surface area contributed by atoms with Gasteiger partial charge in [-0.05, 0) is 25.0 Å². The molecule has 3 N–H and O–H groups in total. The van der Waals surface area contributed by atoms with Crippen LogP contribution >= 0.6 is 0 Å². The van der Waals surface area contributed by atoms with Crippen LogP contribution in [0.25, 0.3) is 0 Å². The van der Waals surface area contributed by atoms with E-state index in [1.165, 1.54) is 11.1 Å². The fraction of sp³-hybridized carbons (Fsp3) is 0.562. The van der Waals surface area contributed by atoms with Crippen molar-refractivity contribution in [3.05, 3.63) is 35.4 Å². The van der Waals surface area contributed by atoms with Crippen LogP contribution in [-0.2, 0) is 14.8 Å². The first-order valence-electron chi connectivity index (χ1n) is 8.11. The van der Waals surface area contributed by atoms with E-state index in [9.17, 15) is 8.42 Å². The Kier molecular flexibility index (Phi) is 6.59. The SMILES string of the molecule is CCNC(=NCCS(N)(=O)=O)N1CCOC(c2ccccc2C)C1. The van der Waals surface area contributed by atoms with E-state index in [0.717, 1.165) is 0 Å². The van der Waals surface area contributed by atoms with Crippen molar-refractivity contribution in [2.24, 2.45) is 10.1 Å². The predicted octanol–water partition coefficient (Wildman–Crippen LogP) is 0.622. The third kappa shape index (κ3) is 5.47. The van der Waals surface area contributed by atoms with Gasteiger partial charge in [-0.15, -0.1) is 0 Å². The Morgan fingerprint density at radius 1 is 1.46 bits per heavy atom. The van der Waals surface area contributed by atoms with Crippen molar-refractivity contribution in [2.75, 3.05) is 38.5 Å². The molecule has 0 bridgehead atoms. The molecular weight excluding hydrogens is 328 g/mol. The summed E-state index contributed by atoms with van der Waals surface area (Å²) in [4.78, 5) is 6.49. The Morgan fingerprint density at radius 3 is 2.88 bits per heavy atom. The second kappa shape index (κ2) is 8.46. The molecule has 8 heteroatoms. The molecule has 1 atom stereocenters. The maximum absolute atomic E-state index is 11.1. The van der Waals surface area contributed by atoms with Crippen LogP contribution in [-0.4, -0.2) is 57.8 Å². The van der Waals surface area contributed by atoms with Crippen LogP contribution in [0.5, 0.6) is 0 Å². The first kappa shape index (κ1) is 18.7. The molecule has 0 aliphatic carbocycles. The van der Waals surface area contributed by atoms with Crippen LogP contribution < -0.4 is 10.5 Å². The number of nitrogens with one attached hydrogen (secondary N) is 1. The Hall–Kier alpha value is -1.64. The number of hydrogen-bond donors (Lipinski definition) is 2. The van der Waals surface area contributed by atoms with Crippen LogP contribution in [0.15, 0.2) is 29.3 Å². The highest BCUT2D eigenvalue weighted by Crippen LogP contribution is 2.24. The molecule has 7 nitrogen and oxygen atoms in total. The molecule has 24 heavy (non-hydrogen) atoms. The van der Waals surface area contributed by atoms with Gasteiger partial charge in [0, 0.05) is 13.1 Å². The van der Waals surface area contributed by atoms with Crippen LogP contribution in [0.4, 0.5) is 0 Å². The summed E-state index contributed by atoms with van der Waals surface area (Å²) in [6, 6.07) is 8.17. The van der Waals surface area contributed by atoms with E-state index < -0.39 is 10.0 Å². The van der Waals surface area contributed by atoms with E-state index in [0.29, 0.717) is 32.2 Å². The second-order valence-corrected chi connectivity index (χ2v) is 7.50. The van der Waals surface area contributed by atoms with E-state index in [1.807, 2.05) is 19.1 Å². The van der Waals surface area contributed by atoms with Crippen LogP contribution in [0.3, 0.4) is 0 Å². The number of sulfonamides is 1. The fourth-order valence-corrected chi connectivity index (χ4v) is 3.03. The van der Waals surface area contributed by atoms with Crippen molar-refractivity contribution in [3.8, 4) is 0 Å². The Bertz CT molecular complexity index is 676. The van der Waals surface area contributed by atoms with Crippen LogP contribution in [0.1, 0.15) is 24.2 Å². The fourth-order valence-electron chi connectivity index (χ4n) is 2.68.